The molecule has 0 amide bonds. The van der Waals surface area contributed by atoms with Crippen LogP contribution in [0.1, 0.15) is 75.0 Å². The Bertz CT molecular complexity index is 2580. The van der Waals surface area contributed by atoms with Gasteiger partial charge in [0, 0.05) is 71.5 Å². The molecule has 8 aromatic heterocycles. The van der Waals surface area contributed by atoms with Crippen molar-refractivity contribution in [3.63, 3.8) is 0 Å². The maximum absolute atomic E-state index is 10.1. The molecule has 14 heteroatoms. The zero-order valence-corrected chi connectivity index (χ0v) is 34.0. The molecule has 0 bridgehead atoms. The largest absolute Gasteiger partial charge is 0.388 e. The minimum absolute atomic E-state index is 0.429. The second-order valence-electron chi connectivity index (χ2n) is 14.2. The van der Waals surface area contributed by atoms with Crippen LogP contribution in [0.5, 0.6) is 0 Å². The third-order valence-corrected chi connectivity index (χ3v) is 10.2. The number of anilines is 6. The predicted molar refractivity (Wildman–Crippen MR) is 239 cm³/mol. The Kier molecular flexibility index (Phi) is 12.7. The number of aryl methyl sites for hydroxylation is 2. The van der Waals surface area contributed by atoms with Crippen LogP contribution in [0.3, 0.4) is 0 Å². The number of aliphatic hydroxyl groups excluding tert-OH is 2. The second kappa shape index (κ2) is 18.6. The smallest absolute Gasteiger partial charge is 0.133 e. The lowest BCUT2D eigenvalue weighted by molar-refractivity contribution is 0.173. The minimum atomic E-state index is -0.515. The first kappa shape index (κ1) is 41.0. The summed E-state index contributed by atoms with van der Waals surface area (Å²) in [5.74, 6) is 3.37. The van der Waals surface area contributed by atoms with Crippen molar-refractivity contribution in [3.05, 3.63) is 132 Å². The van der Waals surface area contributed by atoms with E-state index in [0.29, 0.717) is 47.7 Å². The predicted octanol–water partition coefficient (Wildman–Crippen LogP) is 8.84. The van der Waals surface area contributed by atoms with E-state index in [0.717, 1.165) is 68.0 Å². The summed E-state index contributed by atoms with van der Waals surface area (Å²) < 4.78 is 0. The zero-order chi connectivity index (χ0) is 42.2. The molecule has 0 fully saturated rings. The molecule has 0 aliphatic rings. The fraction of sp³-hybridized carbons (Fsp3) is 0.217. The number of aromatic nitrogens is 8. The van der Waals surface area contributed by atoms with Crippen LogP contribution >= 0.6 is 0 Å². The summed E-state index contributed by atoms with van der Waals surface area (Å²) in [6, 6.07) is 19.1. The molecule has 0 aliphatic carbocycles. The quantitative estimate of drug-likeness (QED) is 0.0680. The normalized spacial score (nSPS) is 12.1. The summed E-state index contributed by atoms with van der Waals surface area (Å²) in [6.45, 7) is 8.08. The Balaban J connectivity index is 0.000000181. The fourth-order valence-corrected chi connectivity index (χ4v) is 6.86. The highest BCUT2D eigenvalue weighted by Gasteiger charge is 2.14. The zero-order valence-electron chi connectivity index (χ0n) is 34.0. The van der Waals surface area contributed by atoms with Crippen molar-refractivity contribution in [1.29, 1.82) is 0 Å². The van der Waals surface area contributed by atoms with Gasteiger partial charge in [-0.2, -0.15) is 0 Å². The van der Waals surface area contributed by atoms with E-state index in [-0.39, 0.29) is 0 Å². The van der Waals surface area contributed by atoms with Gasteiger partial charge in [-0.05, 0) is 119 Å². The maximum Gasteiger partial charge on any atom is 0.133 e. The van der Waals surface area contributed by atoms with Gasteiger partial charge < -0.3 is 32.3 Å². The van der Waals surface area contributed by atoms with Crippen molar-refractivity contribution in [2.24, 2.45) is 0 Å². The average Bonchev–Trinajstić information content (AvgIpc) is 3.28. The molecular weight excluding hydrogens is 753 g/mol. The monoisotopic (exact) mass is 800 g/mol. The lowest BCUT2D eigenvalue weighted by atomic mass is 10.0. The van der Waals surface area contributed by atoms with Crippen molar-refractivity contribution in [1.82, 2.24) is 39.9 Å². The van der Waals surface area contributed by atoms with Crippen molar-refractivity contribution in [2.75, 3.05) is 22.1 Å². The molecule has 0 saturated heterocycles. The van der Waals surface area contributed by atoms with Crippen LogP contribution in [-0.4, -0.2) is 50.1 Å². The first-order valence-corrected chi connectivity index (χ1v) is 20.0. The fourth-order valence-electron chi connectivity index (χ4n) is 6.86. The first-order valence-electron chi connectivity index (χ1n) is 20.0. The summed E-state index contributed by atoms with van der Waals surface area (Å²) >= 11 is 0. The Hall–Kier alpha value is -7.16. The first-order chi connectivity index (χ1) is 29.2. The summed E-state index contributed by atoms with van der Waals surface area (Å²) in [5, 5.41) is 30.0. The molecule has 60 heavy (non-hydrogen) atoms. The van der Waals surface area contributed by atoms with Gasteiger partial charge in [0.15, 0.2) is 0 Å². The molecule has 8 rings (SSSR count). The second-order valence-corrected chi connectivity index (χ2v) is 14.2. The highest BCUT2D eigenvalue weighted by molar-refractivity contribution is 5.96. The summed E-state index contributed by atoms with van der Waals surface area (Å²) in [5.41, 5.74) is 19.9. The summed E-state index contributed by atoms with van der Waals surface area (Å²) in [6.07, 6.45) is 16.0. The standard InChI is InChI=1S/2C23H24N6O/c2*1-3-14-5-7-25-12-17(14)19-9-16-11-22(27-13-18(16)23(24)28-19)29-21-10-15(6-8-26-21)20(30)4-2/h2*5-13,20,30H,3-4H2,1-2H3,(H2,24,28)(H,26,27,29)/t2*20-/m10/s1. The van der Waals surface area contributed by atoms with E-state index in [9.17, 15) is 10.2 Å². The van der Waals surface area contributed by atoms with Crippen LogP contribution in [0.4, 0.5) is 34.9 Å². The van der Waals surface area contributed by atoms with Crippen LogP contribution in [0, 0.1) is 0 Å². The number of hydrogen-bond donors (Lipinski definition) is 6. The average molecular weight is 801 g/mol. The highest BCUT2D eigenvalue weighted by Crippen LogP contribution is 2.32. The topological polar surface area (TPSA) is 220 Å². The van der Waals surface area contributed by atoms with Crippen LogP contribution in [-0.2, 0) is 12.8 Å². The van der Waals surface area contributed by atoms with E-state index in [1.165, 1.54) is 11.1 Å². The van der Waals surface area contributed by atoms with Crippen molar-refractivity contribution in [3.8, 4) is 22.5 Å². The van der Waals surface area contributed by atoms with Crippen molar-refractivity contribution in [2.45, 2.75) is 65.6 Å². The number of nitrogen functional groups attached to an aromatic ring is 2. The maximum atomic E-state index is 10.1. The summed E-state index contributed by atoms with van der Waals surface area (Å²) in [4.78, 5) is 35.2. The molecule has 8 N–H and O–H groups in total. The lowest BCUT2D eigenvalue weighted by Crippen LogP contribution is -2.01. The number of aliphatic hydroxyl groups is 2. The molecule has 0 aromatic carbocycles. The van der Waals surface area contributed by atoms with Crippen molar-refractivity contribution < 1.29 is 10.2 Å². The van der Waals surface area contributed by atoms with Crippen LogP contribution in [0.2, 0.25) is 0 Å². The van der Waals surface area contributed by atoms with Gasteiger partial charge >= 0.3 is 0 Å². The molecule has 0 unspecified atom stereocenters. The van der Waals surface area contributed by atoms with Gasteiger partial charge in [0.05, 0.1) is 23.6 Å². The Morgan fingerprint density at radius 2 is 0.933 bits per heavy atom. The molecule has 0 aliphatic heterocycles. The van der Waals surface area contributed by atoms with Gasteiger partial charge in [0.2, 0.25) is 0 Å². The number of hydrogen-bond acceptors (Lipinski definition) is 14. The number of nitrogens with one attached hydrogen (secondary N) is 2. The van der Waals surface area contributed by atoms with Gasteiger partial charge in [0.25, 0.3) is 0 Å². The van der Waals surface area contributed by atoms with E-state index >= 15 is 0 Å². The number of nitrogens with zero attached hydrogens (tertiary/aromatic N) is 8. The van der Waals surface area contributed by atoms with E-state index in [1.807, 2.05) is 86.9 Å². The molecule has 2 atom stereocenters. The van der Waals surface area contributed by atoms with E-state index in [4.69, 9.17) is 11.5 Å². The molecule has 8 heterocycles. The third kappa shape index (κ3) is 9.25. The molecular formula is C46H48N12O2. The van der Waals surface area contributed by atoms with Crippen LogP contribution in [0.25, 0.3) is 44.1 Å². The minimum Gasteiger partial charge on any atom is -0.388 e. The van der Waals surface area contributed by atoms with Gasteiger partial charge in [-0.15, -0.1) is 0 Å². The molecule has 0 spiro atoms. The highest BCUT2D eigenvalue weighted by atomic mass is 16.3. The number of rotatable bonds is 12. The van der Waals surface area contributed by atoms with E-state index in [2.05, 4.69) is 64.4 Å². The molecule has 304 valence electrons. The molecule has 0 saturated carbocycles. The lowest BCUT2D eigenvalue weighted by Gasteiger charge is -2.12. The third-order valence-electron chi connectivity index (χ3n) is 10.2. The Labute approximate surface area is 348 Å². The SMILES string of the molecule is CCc1ccncc1-c1cc2cc(Nc3cc([C@@H](O)CC)ccn3)ncc2c(N)n1.CCc1ccncc1-c1cc2cc(Nc3cc([C@H](O)CC)ccn3)ncc2c(N)n1. The summed E-state index contributed by atoms with van der Waals surface area (Å²) in [7, 11) is 0. The Morgan fingerprint density at radius 3 is 1.33 bits per heavy atom. The van der Waals surface area contributed by atoms with Gasteiger partial charge in [0.1, 0.15) is 34.9 Å². The molecule has 0 radical (unpaired) electrons. The van der Waals surface area contributed by atoms with Gasteiger partial charge in [-0.25, -0.2) is 29.9 Å². The Morgan fingerprint density at radius 1 is 0.517 bits per heavy atom. The van der Waals surface area contributed by atoms with E-state index in [1.54, 1.807) is 37.2 Å². The van der Waals surface area contributed by atoms with Gasteiger partial charge in [-0.1, -0.05) is 27.7 Å². The molecule has 8 aromatic rings. The number of pyridine rings is 8. The molecule has 14 nitrogen and oxygen atoms in total. The van der Waals surface area contributed by atoms with Gasteiger partial charge in [-0.3, -0.25) is 9.97 Å². The van der Waals surface area contributed by atoms with Crippen LogP contribution < -0.4 is 22.1 Å². The number of fused-ring (bicyclic) bond motifs is 2. The van der Waals surface area contributed by atoms with Crippen LogP contribution in [0.15, 0.2) is 110 Å². The van der Waals surface area contributed by atoms with Crippen molar-refractivity contribution >= 4 is 56.5 Å². The van der Waals surface area contributed by atoms with E-state index < -0.39 is 12.2 Å². The number of nitrogens with two attached hydrogens (primary N) is 2.